The number of aryl methyl sites for hydroxylation is 4. The van der Waals surface area contributed by atoms with Crippen LogP contribution in [0.5, 0.6) is 0 Å². The summed E-state index contributed by atoms with van der Waals surface area (Å²) in [6.45, 7) is 6.92. The van der Waals surface area contributed by atoms with Crippen LogP contribution in [0.25, 0.3) is 11.5 Å². The first-order chi connectivity index (χ1) is 13.0. The van der Waals surface area contributed by atoms with Crippen molar-refractivity contribution >= 4 is 17.2 Å². The minimum atomic E-state index is -0.000727. The van der Waals surface area contributed by atoms with E-state index in [1.54, 1.807) is 16.0 Å². The highest BCUT2D eigenvalue weighted by molar-refractivity contribution is 7.09. The van der Waals surface area contributed by atoms with E-state index in [0.29, 0.717) is 0 Å². The molecule has 0 radical (unpaired) electrons. The molecule has 8 nitrogen and oxygen atoms in total. The molecule has 0 aromatic carbocycles. The van der Waals surface area contributed by atoms with Crippen molar-refractivity contribution in [3.63, 3.8) is 0 Å². The zero-order chi connectivity index (χ0) is 19.0. The highest BCUT2D eigenvalue weighted by atomic mass is 32.1. The molecule has 142 valence electrons. The lowest BCUT2D eigenvalue weighted by molar-refractivity contribution is -0.122. The third-order valence-electron chi connectivity index (χ3n) is 4.85. The number of aromatic nitrogens is 6. The van der Waals surface area contributed by atoms with Crippen LogP contribution in [-0.4, -0.2) is 41.5 Å². The Morgan fingerprint density at radius 2 is 2.15 bits per heavy atom. The van der Waals surface area contributed by atoms with Gasteiger partial charge in [-0.1, -0.05) is 0 Å². The average molecular weight is 385 g/mol. The Balaban J connectivity index is 1.41. The van der Waals surface area contributed by atoms with Gasteiger partial charge in [-0.05, 0) is 39.7 Å². The Bertz CT molecular complexity index is 970. The smallest absolute Gasteiger partial charge is 0.241 e. The van der Waals surface area contributed by atoms with Gasteiger partial charge in [-0.2, -0.15) is 5.10 Å². The molecule has 3 aromatic rings. The van der Waals surface area contributed by atoms with E-state index in [-0.39, 0.29) is 18.5 Å². The van der Waals surface area contributed by atoms with Gasteiger partial charge in [-0.25, -0.2) is 4.98 Å². The maximum atomic E-state index is 12.4. The summed E-state index contributed by atoms with van der Waals surface area (Å²) in [5.41, 5.74) is 2.80. The fourth-order valence-electron chi connectivity index (χ4n) is 3.53. The number of fused-ring (bicyclic) bond motifs is 1. The first-order valence-electron chi connectivity index (χ1n) is 9.14. The lowest BCUT2D eigenvalue weighted by Crippen LogP contribution is -2.37. The van der Waals surface area contributed by atoms with Gasteiger partial charge in [0.05, 0.1) is 10.7 Å². The van der Waals surface area contributed by atoms with Gasteiger partial charge < -0.3 is 9.88 Å². The van der Waals surface area contributed by atoms with Crippen molar-refractivity contribution in [2.75, 3.05) is 0 Å². The standard InChI is InChI=1S/C18H23N7OS/c1-11-8-12(2)25(23-11)9-17(26)20-14-4-5-16-21-22-18(24(16)7-6-14)15-10-27-13(3)19-15/h8,10,14H,4-7,9H2,1-3H3,(H,20,26). The van der Waals surface area contributed by atoms with Gasteiger partial charge in [0, 0.05) is 30.1 Å². The third-order valence-corrected chi connectivity index (χ3v) is 5.63. The van der Waals surface area contributed by atoms with E-state index >= 15 is 0 Å². The Hall–Kier alpha value is -2.55. The van der Waals surface area contributed by atoms with Crippen molar-refractivity contribution in [1.29, 1.82) is 0 Å². The SMILES string of the molecule is Cc1cc(C)n(CC(=O)NC2CCc3nnc(-c4csc(C)n4)n3CC2)n1. The van der Waals surface area contributed by atoms with Crippen molar-refractivity contribution in [2.45, 2.75) is 59.2 Å². The highest BCUT2D eigenvalue weighted by Gasteiger charge is 2.23. The molecule has 1 aliphatic heterocycles. The molecular weight excluding hydrogens is 362 g/mol. The molecule has 3 aromatic heterocycles. The Morgan fingerprint density at radius 1 is 1.30 bits per heavy atom. The van der Waals surface area contributed by atoms with Gasteiger partial charge in [-0.15, -0.1) is 21.5 Å². The van der Waals surface area contributed by atoms with Crippen LogP contribution in [0.4, 0.5) is 0 Å². The van der Waals surface area contributed by atoms with Gasteiger partial charge in [0.1, 0.15) is 18.1 Å². The summed E-state index contributed by atoms with van der Waals surface area (Å²) in [4.78, 5) is 17.0. The molecule has 27 heavy (non-hydrogen) atoms. The summed E-state index contributed by atoms with van der Waals surface area (Å²) >= 11 is 1.61. The van der Waals surface area contributed by atoms with Gasteiger partial charge >= 0.3 is 0 Å². The number of hydrogen-bond donors (Lipinski definition) is 1. The number of carbonyl (C=O) groups is 1. The van der Waals surface area contributed by atoms with Gasteiger partial charge in [0.2, 0.25) is 5.91 Å². The second-order valence-corrected chi connectivity index (χ2v) is 8.08. The van der Waals surface area contributed by atoms with Crippen LogP contribution >= 0.6 is 11.3 Å². The first-order valence-corrected chi connectivity index (χ1v) is 10.0. The number of nitrogens with zero attached hydrogens (tertiary/aromatic N) is 6. The van der Waals surface area contributed by atoms with E-state index in [4.69, 9.17) is 0 Å². The predicted molar refractivity (Wildman–Crippen MR) is 102 cm³/mol. The number of thiazole rings is 1. The van der Waals surface area contributed by atoms with Crippen molar-refractivity contribution in [2.24, 2.45) is 0 Å². The summed E-state index contributed by atoms with van der Waals surface area (Å²) in [6, 6.07) is 2.10. The number of nitrogens with one attached hydrogen (secondary N) is 1. The summed E-state index contributed by atoms with van der Waals surface area (Å²) in [5.74, 6) is 1.79. The zero-order valence-electron chi connectivity index (χ0n) is 15.8. The van der Waals surface area contributed by atoms with Crippen LogP contribution < -0.4 is 5.32 Å². The number of rotatable bonds is 4. The lowest BCUT2D eigenvalue weighted by atomic mass is 10.1. The minimum Gasteiger partial charge on any atom is -0.352 e. The minimum absolute atomic E-state index is 0.000727. The summed E-state index contributed by atoms with van der Waals surface area (Å²) in [7, 11) is 0. The molecular formula is C18H23N7OS. The first kappa shape index (κ1) is 17.8. The molecule has 1 N–H and O–H groups in total. The normalized spacial score (nSPS) is 16.8. The monoisotopic (exact) mass is 385 g/mol. The fraction of sp³-hybridized carbons (Fsp3) is 0.500. The van der Waals surface area contributed by atoms with Crippen molar-refractivity contribution < 1.29 is 4.79 Å². The van der Waals surface area contributed by atoms with Gasteiger partial charge in [0.15, 0.2) is 5.82 Å². The van der Waals surface area contributed by atoms with Crippen LogP contribution in [0.3, 0.4) is 0 Å². The summed E-state index contributed by atoms with van der Waals surface area (Å²) < 4.78 is 3.89. The number of hydrogen-bond acceptors (Lipinski definition) is 6. The number of amides is 1. The molecule has 0 spiro atoms. The van der Waals surface area contributed by atoms with Gasteiger partial charge in [-0.3, -0.25) is 9.48 Å². The lowest BCUT2D eigenvalue weighted by Gasteiger charge is -2.16. The zero-order valence-corrected chi connectivity index (χ0v) is 16.6. The third kappa shape index (κ3) is 3.78. The molecule has 9 heteroatoms. The molecule has 0 saturated carbocycles. The fourth-order valence-corrected chi connectivity index (χ4v) is 4.12. The number of carbonyl (C=O) groups excluding carboxylic acids is 1. The Morgan fingerprint density at radius 3 is 2.85 bits per heavy atom. The summed E-state index contributed by atoms with van der Waals surface area (Å²) in [6.07, 6.45) is 2.50. The predicted octanol–water partition coefficient (Wildman–Crippen LogP) is 2.04. The molecule has 4 rings (SSSR count). The molecule has 1 atom stereocenters. The molecule has 0 aliphatic carbocycles. The van der Waals surface area contributed by atoms with Crippen LogP contribution in [0, 0.1) is 20.8 Å². The van der Waals surface area contributed by atoms with Crippen LogP contribution in [0.1, 0.15) is 35.1 Å². The topological polar surface area (TPSA) is 90.5 Å². The van der Waals surface area contributed by atoms with Crippen molar-refractivity contribution in [3.05, 3.63) is 33.7 Å². The van der Waals surface area contributed by atoms with Crippen molar-refractivity contribution in [3.8, 4) is 11.5 Å². The molecule has 1 unspecified atom stereocenters. The Labute approximate surface area is 161 Å². The molecule has 0 bridgehead atoms. The van der Waals surface area contributed by atoms with Crippen molar-refractivity contribution in [1.82, 2.24) is 34.8 Å². The molecule has 0 fully saturated rings. The van der Waals surface area contributed by atoms with Gasteiger partial charge in [0.25, 0.3) is 0 Å². The molecule has 1 amide bonds. The molecule has 1 aliphatic rings. The highest BCUT2D eigenvalue weighted by Crippen LogP contribution is 2.24. The molecule has 0 saturated heterocycles. The summed E-state index contributed by atoms with van der Waals surface area (Å²) in [5, 5.41) is 19.2. The second-order valence-electron chi connectivity index (χ2n) is 7.02. The maximum Gasteiger partial charge on any atom is 0.241 e. The van der Waals surface area contributed by atoms with E-state index in [2.05, 4.69) is 30.2 Å². The van der Waals surface area contributed by atoms with Crippen LogP contribution in [-0.2, 0) is 24.3 Å². The van der Waals surface area contributed by atoms with E-state index < -0.39 is 0 Å². The Kier molecular flexibility index (Phi) is 4.77. The largest absolute Gasteiger partial charge is 0.352 e. The van der Waals surface area contributed by atoms with E-state index in [9.17, 15) is 4.79 Å². The van der Waals surface area contributed by atoms with Crippen LogP contribution in [0.2, 0.25) is 0 Å². The van der Waals surface area contributed by atoms with E-state index in [0.717, 1.165) is 59.5 Å². The van der Waals surface area contributed by atoms with Crippen LogP contribution in [0.15, 0.2) is 11.4 Å². The van der Waals surface area contributed by atoms with E-state index in [1.807, 2.05) is 32.2 Å². The van der Waals surface area contributed by atoms with E-state index in [1.165, 1.54) is 0 Å². The average Bonchev–Trinajstić information content (AvgIpc) is 3.26. The second kappa shape index (κ2) is 7.22. The molecule has 4 heterocycles. The quantitative estimate of drug-likeness (QED) is 0.742. The maximum absolute atomic E-state index is 12.4.